The Bertz CT molecular complexity index is 291. The summed E-state index contributed by atoms with van der Waals surface area (Å²) in [4.78, 5) is 12.9. The molecule has 0 radical (unpaired) electrons. The number of nitrogens with two attached hydrogens (primary N) is 2. The number of hydrogen-bond acceptors (Lipinski definition) is 3. The summed E-state index contributed by atoms with van der Waals surface area (Å²) < 4.78 is 0. The summed E-state index contributed by atoms with van der Waals surface area (Å²) >= 11 is 0. The average Bonchev–Trinajstić information content (AvgIpc) is 2.38. The van der Waals surface area contributed by atoms with E-state index < -0.39 is 12.1 Å². The van der Waals surface area contributed by atoms with Gasteiger partial charge in [-0.3, -0.25) is 0 Å². The van der Waals surface area contributed by atoms with Gasteiger partial charge in [0.1, 0.15) is 0 Å². The standard InChI is InChI=1S/C15H31N3O2/c1-11(2)9-18(15(17)20)10-14(19)13(16)8-12-6-4-3-5-7-12/h11-14,19H,3-10,16H2,1-2H3,(H2,17,20)/t13-,14+/m0/s1. The molecule has 1 rings (SSSR count). The number of carbonyl (C=O) groups excluding carboxylic acids is 1. The number of primary amides is 1. The lowest BCUT2D eigenvalue weighted by Crippen LogP contribution is -2.48. The molecule has 5 N–H and O–H groups in total. The van der Waals surface area contributed by atoms with E-state index in [0.29, 0.717) is 18.4 Å². The first-order chi connectivity index (χ1) is 9.40. The molecule has 1 fully saturated rings. The number of hydrogen-bond donors (Lipinski definition) is 3. The predicted molar refractivity (Wildman–Crippen MR) is 81.2 cm³/mol. The fourth-order valence-electron chi connectivity index (χ4n) is 3.02. The highest BCUT2D eigenvalue weighted by atomic mass is 16.3. The lowest BCUT2D eigenvalue weighted by atomic mass is 9.84. The Balaban J connectivity index is 2.41. The highest BCUT2D eigenvalue weighted by molar-refractivity contribution is 5.72. The molecule has 1 saturated carbocycles. The normalized spacial score (nSPS) is 19.9. The second-order valence-electron chi connectivity index (χ2n) is 6.61. The molecule has 0 spiro atoms. The third-order valence-corrected chi connectivity index (χ3v) is 4.13. The van der Waals surface area contributed by atoms with Gasteiger partial charge in [-0.05, 0) is 18.3 Å². The van der Waals surface area contributed by atoms with Crippen LogP contribution in [0.15, 0.2) is 0 Å². The Morgan fingerprint density at radius 1 is 1.25 bits per heavy atom. The fourth-order valence-corrected chi connectivity index (χ4v) is 3.02. The van der Waals surface area contributed by atoms with Crippen LogP contribution in [0.25, 0.3) is 0 Å². The summed E-state index contributed by atoms with van der Waals surface area (Å²) in [6.45, 7) is 4.83. The molecule has 0 heterocycles. The van der Waals surface area contributed by atoms with Gasteiger partial charge in [-0.2, -0.15) is 0 Å². The van der Waals surface area contributed by atoms with Crippen LogP contribution in [0.1, 0.15) is 52.4 Å². The summed E-state index contributed by atoms with van der Waals surface area (Å²) in [5.41, 5.74) is 11.5. The van der Waals surface area contributed by atoms with E-state index in [4.69, 9.17) is 11.5 Å². The highest BCUT2D eigenvalue weighted by Gasteiger charge is 2.24. The van der Waals surface area contributed by atoms with Crippen LogP contribution in [0.5, 0.6) is 0 Å². The van der Waals surface area contributed by atoms with E-state index in [0.717, 1.165) is 6.42 Å². The van der Waals surface area contributed by atoms with Crippen molar-refractivity contribution < 1.29 is 9.90 Å². The minimum Gasteiger partial charge on any atom is -0.390 e. The summed E-state index contributed by atoms with van der Waals surface area (Å²) in [5.74, 6) is 0.949. The Kier molecular flexibility index (Phi) is 7.30. The fraction of sp³-hybridized carbons (Fsp3) is 0.933. The van der Waals surface area contributed by atoms with E-state index in [-0.39, 0.29) is 12.6 Å². The first-order valence-electron chi connectivity index (χ1n) is 7.88. The van der Waals surface area contributed by atoms with Gasteiger partial charge in [0.25, 0.3) is 0 Å². The van der Waals surface area contributed by atoms with Crippen LogP contribution >= 0.6 is 0 Å². The molecule has 0 saturated heterocycles. The molecule has 0 unspecified atom stereocenters. The maximum Gasteiger partial charge on any atom is 0.314 e. The van der Waals surface area contributed by atoms with Crippen LogP contribution in [0, 0.1) is 11.8 Å². The minimum absolute atomic E-state index is 0.238. The van der Waals surface area contributed by atoms with Gasteiger partial charge in [0.15, 0.2) is 0 Å². The summed E-state index contributed by atoms with van der Waals surface area (Å²) in [5, 5.41) is 10.2. The molecule has 0 aromatic carbocycles. The molecule has 0 aromatic rings. The largest absolute Gasteiger partial charge is 0.390 e. The Labute approximate surface area is 122 Å². The quantitative estimate of drug-likeness (QED) is 0.664. The van der Waals surface area contributed by atoms with Crippen molar-refractivity contribution in [3.8, 4) is 0 Å². The Hall–Kier alpha value is -0.810. The molecule has 1 aliphatic carbocycles. The average molecular weight is 285 g/mol. The van der Waals surface area contributed by atoms with Gasteiger partial charge in [0.2, 0.25) is 0 Å². The molecule has 118 valence electrons. The molecule has 1 aliphatic rings. The Morgan fingerprint density at radius 2 is 1.85 bits per heavy atom. The second kappa shape index (κ2) is 8.47. The number of aliphatic hydroxyl groups is 1. The van der Waals surface area contributed by atoms with E-state index >= 15 is 0 Å². The molecule has 2 amide bonds. The number of amides is 2. The summed E-state index contributed by atoms with van der Waals surface area (Å²) in [6.07, 6.45) is 6.44. The molecule has 5 heteroatoms. The molecular weight excluding hydrogens is 254 g/mol. The predicted octanol–water partition coefficient (Wildman–Crippen LogP) is 1.68. The first kappa shape index (κ1) is 17.2. The number of nitrogens with zero attached hydrogens (tertiary/aromatic N) is 1. The molecule has 0 aromatic heterocycles. The van der Waals surface area contributed by atoms with Crippen LogP contribution in [-0.4, -0.2) is 41.3 Å². The zero-order chi connectivity index (χ0) is 15.1. The van der Waals surface area contributed by atoms with Crippen molar-refractivity contribution in [1.29, 1.82) is 0 Å². The SMILES string of the molecule is CC(C)CN(C[C@@H](O)[C@@H](N)CC1CCCCC1)C(N)=O. The number of rotatable bonds is 7. The van der Waals surface area contributed by atoms with Crippen LogP contribution in [0.3, 0.4) is 0 Å². The third-order valence-electron chi connectivity index (χ3n) is 4.13. The van der Waals surface area contributed by atoms with Crippen LogP contribution in [0.4, 0.5) is 4.79 Å². The second-order valence-corrected chi connectivity index (χ2v) is 6.61. The van der Waals surface area contributed by atoms with E-state index in [1.165, 1.54) is 37.0 Å². The van der Waals surface area contributed by atoms with E-state index in [2.05, 4.69) is 0 Å². The Morgan fingerprint density at radius 3 is 2.35 bits per heavy atom. The van der Waals surface area contributed by atoms with Crippen molar-refractivity contribution in [2.45, 2.75) is 64.5 Å². The van der Waals surface area contributed by atoms with Crippen molar-refractivity contribution in [2.24, 2.45) is 23.3 Å². The molecule has 5 nitrogen and oxygen atoms in total. The minimum atomic E-state index is -0.692. The third kappa shape index (κ3) is 6.09. The van der Waals surface area contributed by atoms with E-state index in [9.17, 15) is 9.90 Å². The zero-order valence-corrected chi connectivity index (χ0v) is 12.9. The lowest BCUT2D eigenvalue weighted by molar-refractivity contribution is 0.0879. The maximum atomic E-state index is 11.4. The lowest BCUT2D eigenvalue weighted by Gasteiger charge is -2.30. The van der Waals surface area contributed by atoms with E-state index in [1.807, 2.05) is 13.8 Å². The van der Waals surface area contributed by atoms with Crippen LogP contribution in [-0.2, 0) is 0 Å². The smallest absolute Gasteiger partial charge is 0.314 e. The first-order valence-corrected chi connectivity index (χ1v) is 7.88. The van der Waals surface area contributed by atoms with Gasteiger partial charge < -0.3 is 21.5 Å². The van der Waals surface area contributed by atoms with Gasteiger partial charge >= 0.3 is 6.03 Å². The summed E-state index contributed by atoms with van der Waals surface area (Å²) in [7, 11) is 0. The van der Waals surface area contributed by atoms with Crippen molar-refractivity contribution in [3.05, 3.63) is 0 Å². The van der Waals surface area contributed by atoms with Gasteiger partial charge in [-0.15, -0.1) is 0 Å². The molecule has 2 atom stereocenters. The molecular formula is C15H31N3O2. The van der Waals surface area contributed by atoms with Crippen molar-refractivity contribution in [3.63, 3.8) is 0 Å². The number of carbonyl (C=O) groups is 1. The molecule has 20 heavy (non-hydrogen) atoms. The van der Waals surface area contributed by atoms with Crippen LogP contribution < -0.4 is 11.5 Å². The summed E-state index contributed by atoms with van der Waals surface area (Å²) in [6, 6.07) is -0.755. The molecule has 0 aliphatic heterocycles. The van der Waals surface area contributed by atoms with Gasteiger partial charge in [0, 0.05) is 19.1 Å². The van der Waals surface area contributed by atoms with Crippen molar-refractivity contribution >= 4 is 6.03 Å². The van der Waals surface area contributed by atoms with Crippen molar-refractivity contribution in [2.75, 3.05) is 13.1 Å². The van der Waals surface area contributed by atoms with Crippen LogP contribution in [0.2, 0.25) is 0 Å². The van der Waals surface area contributed by atoms with Gasteiger partial charge in [-0.25, -0.2) is 4.79 Å². The number of aliphatic hydroxyl groups excluding tert-OH is 1. The van der Waals surface area contributed by atoms with E-state index in [1.54, 1.807) is 0 Å². The highest BCUT2D eigenvalue weighted by Crippen LogP contribution is 2.27. The van der Waals surface area contributed by atoms with Crippen molar-refractivity contribution in [1.82, 2.24) is 4.90 Å². The molecule has 0 bridgehead atoms. The topological polar surface area (TPSA) is 92.6 Å². The number of urea groups is 1. The zero-order valence-electron chi connectivity index (χ0n) is 12.9. The maximum absolute atomic E-state index is 11.4. The van der Waals surface area contributed by atoms with Gasteiger partial charge in [-0.1, -0.05) is 46.0 Å². The monoisotopic (exact) mass is 285 g/mol. The van der Waals surface area contributed by atoms with Gasteiger partial charge in [0.05, 0.1) is 6.10 Å².